The highest BCUT2D eigenvalue weighted by molar-refractivity contribution is 5.75. The van der Waals surface area contributed by atoms with E-state index < -0.39 is 6.04 Å². The number of rotatable bonds is 6. The second-order valence-corrected chi connectivity index (χ2v) is 3.04. The molecule has 0 aromatic heterocycles. The monoisotopic (exact) mass is 189 g/mol. The average Bonchev–Trinajstić information content (AvgIpc) is 2.13. The fourth-order valence-corrected chi connectivity index (χ4v) is 0.732. The maximum atomic E-state index is 11.2. The van der Waals surface area contributed by atoms with E-state index in [2.05, 4.69) is 0 Å². The second-order valence-electron chi connectivity index (χ2n) is 3.04. The number of methoxy groups -OCH3 is 1. The molecule has 0 aliphatic carbocycles. The van der Waals surface area contributed by atoms with Crippen LogP contribution in [0.5, 0.6) is 0 Å². The minimum atomic E-state index is -0.561. The summed E-state index contributed by atoms with van der Waals surface area (Å²) in [6.07, 6.45) is 1.26. The third-order valence-electron chi connectivity index (χ3n) is 1.83. The first-order valence-corrected chi connectivity index (χ1v) is 4.56. The summed E-state index contributed by atoms with van der Waals surface area (Å²) < 4.78 is 9.85. The molecule has 0 radical (unpaired) electrons. The van der Waals surface area contributed by atoms with Gasteiger partial charge in [0.05, 0.1) is 6.10 Å². The summed E-state index contributed by atoms with van der Waals surface area (Å²) in [5, 5.41) is 0. The van der Waals surface area contributed by atoms with Crippen molar-refractivity contribution in [2.75, 3.05) is 13.7 Å². The molecule has 0 saturated carbocycles. The maximum Gasteiger partial charge on any atom is 0.323 e. The van der Waals surface area contributed by atoms with Gasteiger partial charge in [0.25, 0.3) is 0 Å². The Hall–Kier alpha value is -0.610. The minimum absolute atomic E-state index is 0.0545. The SMILES string of the molecule is CCC(C)OC(=O)C(N)CCOC. The molecule has 0 saturated heterocycles. The van der Waals surface area contributed by atoms with Crippen molar-refractivity contribution in [2.45, 2.75) is 38.8 Å². The van der Waals surface area contributed by atoms with E-state index in [9.17, 15) is 4.79 Å². The fraction of sp³-hybridized carbons (Fsp3) is 0.889. The lowest BCUT2D eigenvalue weighted by molar-refractivity contribution is -0.150. The van der Waals surface area contributed by atoms with Gasteiger partial charge in [-0.2, -0.15) is 0 Å². The lowest BCUT2D eigenvalue weighted by atomic mass is 10.2. The first-order chi connectivity index (χ1) is 6.11. The van der Waals surface area contributed by atoms with Crippen LogP contribution in [0.2, 0.25) is 0 Å². The number of nitrogens with two attached hydrogens (primary N) is 1. The summed E-state index contributed by atoms with van der Waals surface area (Å²) in [4.78, 5) is 11.2. The number of ether oxygens (including phenoxy) is 2. The van der Waals surface area contributed by atoms with Gasteiger partial charge >= 0.3 is 5.97 Å². The Bertz CT molecular complexity index is 150. The zero-order valence-electron chi connectivity index (χ0n) is 8.58. The fourth-order valence-electron chi connectivity index (χ4n) is 0.732. The highest BCUT2D eigenvalue weighted by Gasteiger charge is 2.16. The van der Waals surface area contributed by atoms with Crippen molar-refractivity contribution in [1.82, 2.24) is 0 Å². The van der Waals surface area contributed by atoms with E-state index in [1.807, 2.05) is 13.8 Å². The van der Waals surface area contributed by atoms with Crippen molar-refractivity contribution < 1.29 is 14.3 Å². The van der Waals surface area contributed by atoms with Gasteiger partial charge in [0, 0.05) is 13.7 Å². The number of carbonyl (C=O) groups excluding carboxylic acids is 1. The van der Waals surface area contributed by atoms with E-state index >= 15 is 0 Å². The minimum Gasteiger partial charge on any atom is -0.462 e. The van der Waals surface area contributed by atoms with Crippen molar-refractivity contribution >= 4 is 5.97 Å². The van der Waals surface area contributed by atoms with Crippen molar-refractivity contribution in [3.8, 4) is 0 Å². The molecular formula is C9H19NO3. The zero-order chi connectivity index (χ0) is 10.3. The molecule has 0 aromatic carbocycles. The number of hydrogen-bond donors (Lipinski definition) is 1. The topological polar surface area (TPSA) is 61.5 Å². The molecule has 2 atom stereocenters. The smallest absolute Gasteiger partial charge is 0.323 e. The molecule has 0 fully saturated rings. The molecule has 4 heteroatoms. The van der Waals surface area contributed by atoms with E-state index in [0.717, 1.165) is 6.42 Å². The van der Waals surface area contributed by atoms with Crippen LogP contribution >= 0.6 is 0 Å². The highest BCUT2D eigenvalue weighted by atomic mass is 16.5. The van der Waals surface area contributed by atoms with Gasteiger partial charge in [-0.25, -0.2) is 0 Å². The molecular weight excluding hydrogens is 170 g/mol. The van der Waals surface area contributed by atoms with Gasteiger partial charge in [-0.05, 0) is 19.8 Å². The molecule has 0 aliphatic rings. The Morgan fingerprint density at radius 3 is 2.62 bits per heavy atom. The van der Waals surface area contributed by atoms with Crippen LogP contribution in [0.15, 0.2) is 0 Å². The van der Waals surface area contributed by atoms with Crippen LogP contribution in [0.4, 0.5) is 0 Å². The second kappa shape index (κ2) is 6.86. The standard InChI is InChI=1S/C9H19NO3/c1-4-7(2)13-9(11)8(10)5-6-12-3/h7-8H,4-6,10H2,1-3H3. The maximum absolute atomic E-state index is 11.2. The Morgan fingerprint density at radius 2 is 2.15 bits per heavy atom. The molecule has 0 heterocycles. The molecule has 0 bridgehead atoms. The lowest BCUT2D eigenvalue weighted by Crippen LogP contribution is -2.35. The van der Waals surface area contributed by atoms with E-state index in [1.54, 1.807) is 7.11 Å². The quantitative estimate of drug-likeness (QED) is 0.624. The van der Waals surface area contributed by atoms with Crippen LogP contribution < -0.4 is 5.73 Å². The van der Waals surface area contributed by atoms with Crippen LogP contribution in [0.1, 0.15) is 26.7 Å². The van der Waals surface area contributed by atoms with Crippen molar-refractivity contribution in [1.29, 1.82) is 0 Å². The summed E-state index contributed by atoms with van der Waals surface area (Å²) in [7, 11) is 1.58. The largest absolute Gasteiger partial charge is 0.462 e. The molecule has 0 aromatic rings. The van der Waals surface area contributed by atoms with E-state index in [0.29, 0.717) is 13.0 Å². The Morgan fingerprint density at radius 1 is 1.54 bits per heavy atom. The van der Waals surface area contributed by atoms with Crippen LogP contribution in [-0.4, -0.2) is 31.8 Å². The van der Waals surface area contributed by atoms with Gasteiger partial charge in [-0.15, -0.1) is 0 Å². The highest BCUT2D eigenvalue weighted by Crippen LogP contribution is 2.00. The van der Waals surface area contributed by atoms with Gasteiger partial charge < -0.3 is 15.2 Å². The lowest BCUT2D eigenvalue weighted by Gasteiger charge is -2.14. The van der Waals surface area contributed by atoms with Crippen LogP contribution in [0.3, 0.4) is 0 Å². The molecule has 0 rings (SSSR count). The Kier molecular flexibility index (Phi) is 6.54. The molecule has 2 unspecified atom stereocenters. The van der Waals surface area contributed by atoms with E-state index in [4.69, 9.17) is 15.2 Å². The number of hydrogen-bond acceptors (Lipinski definition) is 4. The van der Waals surface area contributed by atoms with Gasteiger partial charge in [0.15, 0.2) is 0 Å². The predicted octanol–water partition coefficient (Wildman–Crippen LogP) is 0.692. The first kappa shape index (κ1) is 12.4. The molecule has 13 heavy (non-hydrogen) atoms. The van der Waals surface area contributed by atoms with Gasteiger partial charge in [-0.1, -0.05) is 6.92 Å². The third-order valence-corrected chi connectivity index (χ3v) is 1.83. The molecule has 0 spiro atoms. The summed E-state index contributed by atoms with van der Waals surface area (Å²) in [6.45, 7) is 4.29. The molecule has 0 amide bonds. The van der Waals surface area contributed by atoms with Crippen LogP contribution in [0, 0.1) is 0 Å². The molecule has 2 N–H and O–H groups in total. The molecule has 0 aliphatic heterocycles. The number of esters is 1. The van der Waals surface area contributed by atoms with Crippen molar-refractivity contribution in [3.05, 3.63) is 0 Å². The van der Waals surface area contributed by atoms with E-state index in [-0.39, 0.29) is 12.1 Å². The van der Waals surface area contributed by atoms with Crippen molar-refractivity contribution in [3.63, 3.8) is 0 Å². The normalized spacial score (nSPS) is 15.1. The summed E-state index contributed by atoms with van der Waals surface area (Å²) in [6, 6.07) is -0.561. The summed E-state index contributed by atoms with van der Waals surface area (Å²) >= 11 is 0. The average molecular weight is 189 g/mol. The Balaban J connectivity index is 3.68. The van der Waals surface area contributed by atoms with Crippen LogP contribution in [-0.2, 0) is 14.3 Å². The number of carbonyl (C=O) groups is 1. The summed E-state index contributed by atoms with van der Waals surface area (Å²) in [5.41, 5.74) is 5.55. The predicted molar refractivity (Wildman–Crippen MR) is 50.3 cm³/mol. The van der Waals surface area contributed by atoms with Crippen LogP contribution in [0.25, 0.3) is 0 Å². The van der Waals surface area contributed by atoms with E-state index in [1.165, 1.54) is 0 Å². The van der Waals surface area contributed by atoms with Gasteiger partial charge in [-0.3, -0.25) is 4.79 Å². The molecule has 78 valence electrons. The van der Waals surface area contributed by atoms with Crippen molar-refractivity contribution in [2.24, 2.45) is 5.73 Å². The third kappa shape index (κ3) is 5.60. The zero-order valence-corrected chi connectivity index (χ0v) is 8.58. The molecule has 4 nitrogen and oxygen atoms in total. The first-order valence-electron chi connectivity index (χ1n) is 4.56. The Labute approximate surface area is 79.4 Å². The summed E-state index contributed by atoms with van der Waals surface area (Å²) in [5.74, 6) is -0.341. The van der Waals surface area contributed by atoms with Gasteiger partial charge in [0.2, 0.25) is 0 Å². The van der Waals surface area contributed by atoms with Gasteiger partial charge in [0.1, 0.15) is 6.04 Å².